The van der Waals surface area contributed by atoms with Crippen LogP contribution in [0, 0.1) is 0 Å². The molecule has 25 heavy (non-hydrogen) atoms. The van der Waals surface area contributed by atoms with Gasteiger partial charge in [-0.05, 0) is 33.6 Å². The molecule has 148 valence electrons. The zero-order valence-electron chi connectivity index (χ0n) is 14.9. The first-order valence-corrected chi connectivity index (χ1v) is 11.3. The molecule has 0 bridgehead atoms. The molecule has 0 radical (unpaired) electrons. The van der Waals surface area contributed by atoms with E-state index in [1.54, 1.807) is 0 Å². The molecule has 9 nitrogen and oxygen atoms in total. The Bertz CT molecular complexity index is 637. The summed E-state index contributed by atoms with van der Waals surface area (Å²) in [5.41, 5.74) is -2.57. The third-order valence-electron chi connectivity index (χ3n) is 3.15. The second kappa shape index (κ2) is 10.7. The summed E-state index contributed by atoms with van der Waals surface area (Å²) in [4.78, 5) is 23.0. The fourth-order valence-electron chi connectivity index (χ4n) is 1.61. The van der Waals surface area contributed by atoms with Crippen LogP contribution in [0.2, 0.25) is 0 Å². The molecular formula is C14H26O9S2. The number of hydrogen-bond donors (Lipinski definition) is 0. The number of carbonyl (C=O) groups excluding carboxylic acids is 2. The molecule has 0 heterocycles. The van der Waals surface area contributed by atoms with Gasteiger partial charge in [-0.3, -0.25) is 13.8 Å². The maximum Gasteiger partial charge on any atom is 0.307 e. The predicted molar refractivity (Wildman–Crippen MR) is 89.6 cm³/mol. The van der Waals surface area contributed by atoms with Gasteiger partial charge in [0, 0.05) is 19.1 Å². The first kappa shape index (κ1) is 23.8. The van der Waals surface area contributed by atoms with E-state index in [9.17, 15) is 26.4 Å². The van der Waals surface area contributed by atoms with Gasteiger partial charge in [-0.2, -0.15) is 8.42 Å². The maximum atomic E-state index is 11.6. The average molecular weight is 402 g/mol. The third-order valence-corrected chi connectivity index (χ3v) is 5.92. The Hall–Kier alpha value is -1.20. The molecule has 0 aliphatic rings. The van der Waals surface area contributed by atoms with E-state index in [0.29, 0.717) is 19.3 Å². The summed E-state index contributed by atoms with van der Waals surface area (Å²) in [7, 11) is -7.36. The summed E-state index contributed by atoms with van der Waals surface area (Å²) in [6, 6.07) is 0. The Kier molecular flexibility index (Phi) is 10.2. The summed E-state index contributed by atoms with van der Waals surface area (Å²) >= 11 is 0. The highest BCUT2D eigenvalue weighted by atomic mass is 32.2. The van der Waals surface area contributed by atoms with E-state index in [0.717, 1.165) is 6.26 Å². The van der Waals surface area contributed by atoms with E-state index in [-0.39, 0.29) is 19.4 Å². The van der Waals surface area contributed by atoms with Gasteiger partial charge in [-0.15, -0.1) is 0 Å². The number of hydrogen-bond acceptors (Lipinski definition) is 9. The minimum absolute atomic E-state index is 0.000769. The molecule has 2 atom stereocenters. The molecule has 0 amide bonds. The fraction of sp³-hybridized carbons (Fsp3) is 0.857. The van der Waals surface area contributed by atoms with Crippen LogP contribution in [-0.2, 0) is 43.2 Å². The van der Waals surface area contributed by atoms with Crippen LogP contribution < -0.4 is 0 Å². The number of unbranched alkanes of at least 4 members (excludes halogenated alkanes) is 2. The van der Waals surface area contributed by atoms with Crippen molar-refractivity contribution in [2.45, 2.75) is 63.7 Å². The van der Waals surface area contributed by atoms with E-state index in [2.05, 4.69) is 4.18 Å². The monoisotopic (exact) mass is 402 g/mol. The number of rotatable bonds is 12. The number of carbonyl (C=O) groups is 2. The fourth-order valence-corrected chi connectivity index (χ4v) is 2.64. The van der Waals surface area contributed by atoms with Crippen molar-refractivity contribution in [2.24, 2.45) is 0 Å². The third kappa shape index (κ3) is 10.4. The molecule has 0 fully saturated rings. The van der Waals surface area contributed by atoms with Crippen molar-refractivity contribution in [1.29, 1.82) is 0 Å². The van der Waals surface area contributed by atoms with Gasteiger partial charge < -0.3 is 9.47 Å². The minimum Gasteiger partial charge on any atom is -0.446 e. The molecule has 11 heteroatoms. The van der Waals surface area contributed by atoms with E-state index in [4.69, 9.17) is 9.47 Å². The molecule has 2 unspecified atom stereocenters. The summed E-state index contributed by atoms with van der Waals surface area (Å²) in [6.45, 7) is 3.95. The van der Waals surface area contributed by atoms with Crippen molar-refractivity contribution in [1.82, 2.24) is 0 Å². The van der Waals surface area contributed by atoms with Gasteiger partial charge >= 0.3 is 22.1 Å². The maximum absolute atomic E-state index is 11.6. The lowest BCUT2D eigenvalue weighted by Crippen LogP contribution is -2.26. The Morgan fingerprint density at radius 2 is 1.28 bits per heavy atom. The van der Waals surface area contributed by atoms with Crippen molar-refractivity contribution in [3.63, 3.8) is 0 Å². The van der Waals surface area contributed by atoms with Crippen molar-refractivity contribution >= 4 is 31.9 Å². The number of sulfone groups is 1. The van der Waals surface area contributed by atoms with Crippen LogP contribution in [0.15, 0.2) is 0 Å². The molecular weight excluding hydrogens is 376 g/mol. The van der Waals surface area contributed by atoms with Crippen LogP contribution in [0.5, 0.6) is 0 Å². The van der Waals surface area contributed by atoms with Crippen LogP contribution in [-0.4, -0.2) is 52.5 Å². The lowest BCUT2D eigenvalue weighted by atomic mass is 10.1. The summed E-state index contributed by atoms with van der Waals surface area (Å²) < 4.78 is 59.3. The van der Waals surface area contributed by atoms with Crippen molar-refractivity contribution < 1.29 is 40.1 Å². The van der Waals surface area contributed by atoms with Crippen LogP contribution in [0.25, 0.3) is 0 Å². The zero-order chi connectivity index (χ0) is 19.7. The van der Waals surface area contributed by atoms with Gasteiger partial charge in [0.15, 0.2) is 15.3 Å². The molecule has 0 saturated carbocycles. The van der Waals surface area contributed by atoms with E-state index < -0.39 is 42.8 Å². The molecule has 0 aromatic heterocycles. The summed E-state index contributed by atoms with van der Waals surface area (Å²) in [6.07, 6.45) is 2.32. The Morgan fingerprint density at radius 3 is 1.68 bits per heavy atom. The quantitative estimate of drug-likeness (QED) is 0.268. The van der Waals surface area contributed by atoms with Gasteiger partial charge in [0.25, 0.3) is 0 Å². The molecule has 0 N–H and O–H groups in total. The first-order chi connectivity index (χ1) is 11.4. The predicted octanol–water partition coefficient (Wildman–Crippen LogP) is 1.13. The molecule has 0 aliphatic heterocycles. The van der Waals surface area contributed by atoms with Crippen LogP contribution >= 0.6 is 0 Å². The van der Waals surface area contributed by atoms with Gasteiger partial charge in [-0.1, -0.05) is 6.42 Å². The van der Waals surface area contributed by atoms with Gasteiger partial charge in [0.2, 0.25) is 5.44 Å². The smallest absolute Gasteiger partial charge is 0.307 e. The molecule has 0 aromatic rings. The van der Waals surface area contributed by atoms with Crippen molar-refractivity contribution in [3.05, 3.63) is 0 Å². The van der Waals surface area contributed by atoms with Crippen molar-refractivity contribution in [3.8, 4) is 0 Å². The topological polar surface area (TPSA) is 130 Å². The van der Waals surface area contributed by atoms with Crippen LogP contribution in [0.4, 0.5) is 0 Å². The summed E-state index contributed by atoms with van der Waals surface area (Å²) in [5, 5.41) is 0. The molecule has 0 aromatic carbocycles. The Morgan fingerprint density at radius 1 is 0.840 bits per heavy atom. The van der Waals surface area contributed by atoms with Crippen LogP contribution in [0.3, 0.4) is 0 Å². The zero-order valence-corrected chi connectivity index (χ0v) is 16.5. The van der Waals surface area contributed by atoms with E-state index >= 15 is 0 Å². The van der Waals surface area contributed by atoms with Crippen molar-refractivity contribution in [2.75, 3.05) is 12.9 Å². The van der Waals surface area contributed by atoms with Gasteiger partial charge in [0.05, 0.1) is 6.61 Å². The second-order valence-corrected chi connectivity index (χ2v) is 9.61. The highest BCUT2D eigenvalue weighted by Gasteiger charge is 2.25. The molecule has 0 aliphatic carbocycles. The molecule has 0 rings (SSSR count). The number of ether oxygens (including phenoxy) is 2. The van der Waals surface area contributed by atoms with E-state index in [1.165, 1.54) is 20.8 Å². The molecule has 0 spiro atoms. The standard InChI is InChI=1S/C14H26O9S2/c1-5-21-25(19,20)12(3)23-14(16)10-8-6-7-9-13(15)22-11(2)24(4,17)18/h11-12H,5-10H2,1-4H3. The SMILES string of the molecule is CCOS(=O)(=O)C(C)OC(=O)CCCCCC(=O)OC(C)S(C)(=O)=O. The highest BCUT2D eigenvalue weighted by molar-refractivity contribution is 7.91. The van der Waals surface area contributed by atoms with Gasteiger partial charge in [-0.25, -0.2) is 8.42 Å². The normalized spacial score (nSPS) is 14.6. The largest absolute Gasteiger partial charge is 0.446 e. The van der Waals surface area contributed by atoms with Gasteiger partial charge in [0.1, 0.15) is 0 Å². The average Bonchev–Trinajstić information content (AvgIpc) is 2.45. The Balaban J connectivity index is 3.99. The minimum atomic E-state index is -3.93. The Labute approximate surface area is 149 Å². The van der Waals surface area contributed by atoms with E-state index in [1.807, 2.05) is 0 Å². The second-order valence-electron chi connectivity index (χ2n) is 5.40. The lowest BCUT2D eigenvalue weighted by Gasteiger charge is -2.13. The lowest BCUT2D eigenvalue weighted by molar-refractivity contribution is -0.145. The molecule has 0 saturated heterocycles. The van der Waals surface area contributed by atoms with Crippen LogP contribution in [0.1, 0.15) is 52.9 Å². The number of esters is 2. The summed E-state index contributed by atoms with van der Waals surface area (Å²) in [5.74, 6) is -1.30. The highest BCUT2D eigenvalue weighted by Crippen LogP contribution is 2.11. The first-order valence-electron chi connectivity index (χ1n) is 7.86.